The first-order valence-corrected chi connectivity index (χ1v) is 2.47. The Morgan fingerprint density at radius 1 is 1.36 bits per heavy atom. The molecule has 0 aromatic heterocycles. The molecule has 0 aliphatic rings. The molecule has 0 aliphatic heterocycles. The Morgan fingerprint density at radius 2 is 1.82 bits per heavy atom. The van der Waals surface area contributed by atoms with Gasteiger partial charge in [-0.05, 0) is 0 Å². The van der Waals surface area contributed by atoms with Crippen LogP contribution >= 0.6 is 0 Å². The van der Waals surface area contributed by atoms with E-state index in [4.69, 9.17) is 0 Å². The zero-order valence-electron chi connectivity index (χ0n) is 6.12. The zero-order chi connectivity index (χ0) is 8.15. The van der Waals surface area contributed by atoms with Crippen LogP contribution in [0.25, 0.3) is 0 Å². The minimum atomic E-state index is -1.16. The molecule has 0 unspecified atom stereocenters. The van der Waals surface area contributed by atoms with Crippen LogP contribution < -0.4 is 0 Å². The number of hydrogen-bond donors (Lipinski definition) is 0. The Balaban J connectivity index is 0. The molecule has 0 bridgehead atoms. The fourth-order valence-electron chi connectivity index (χ4n) is 0.205. The normalized spacial score (nSPS) is 7.36. The molecule has 0 atom stereocenters. The smallest absolute Gasteiger partial charge is 0.382 e. The number of ketones is 1. The summed E-state index contributed by atoms with van der Waals surface area (Å²) < 4.78 is 3.92. The van der Waals surface area contributed by atoms with Gasteiger partial charge >= 0.3 is 11.9 Å². The van der Waals surface area contributed by atoms with Gasteiger partial charge in [0.2, 0.25) is 5.78 Å². The van der Waals surface area contributed by atoms with Gasteiger partial charge in [-0.2, -0.15) is 0 Å². The predicted octanol–water partition coefficient (Wildman–Crippen LogP) is -0.171. The van der Waals surface area contributed by atoms with Gasteiger partial charge in [0.15, 0.2) is 0 Å². The fraction of sp³-hybridized carbons (Fsp3) is 0.167. The zero-order valence-corrected chi connectivity index (χ0v) is 9.09. The molecule has 0 spiro atoms. The number of carbonyl (C=O) groups is 3. The van der Waals surface area contributed by atoms with Gasteiger partial charge in [0.05, 0.1) is 0 Å². The third-order valence-corrected chi connectivity index (χ3v) is 0.647. The summed E-state index contributed by atoms with van der Waals surface area (Å²) in [5.41, 5.74) is 0. The average Bonchev–Trinajstić information content (AvgIpc) is 1.87. The molecule has 0 N–H and O–H groups in total. The maximum absolute atomic E-state index is 10.3. The molecule has 5 heteroatoms. The van der Waals surface area contributed by atoms with Gasteiger partial charge in [0, 0.05) is 32.5 Å². The molecular formula is C6H6O4Zn. The summed E-state index contributed by atoms with van der Waals surface area (Å²) in [7, 11) is 0. The molecule has 4 nitrogen and oxygen atoms in total. The Labute approximate surface area is 76.4 Å². The van der Waals surface area contributed by atoms with E-state index in [-0.39, 0.29) is 19.5 Å². The second-order valence-corrected chi connectivity index (χ2v) is 1.47. The van der Waals surface area contributed by atoms with E-state index in [1.165, 1.54) is 0 Å². The van der Waals surface area contributed by atoms with Crippen molar-refractivity contribution in [1.82, 2.24) is 0 Å². The molecule has 0 aromatic carbocycles. The van der Waals surface area contributed by atoms with Crippen LogP contribution in [0.15, 0.2) is 12.7 Å². The third-order valence-electron chi connectivity index (χ3n) is 0.647. The molecule has 0 aliphatic carbocycles. The molecule has 11 heavy (non-hydrogen) atoms. The maximum Gasteiger partial charge on any atom is 0.382 e. The fourth-order valence-corrected chi connectivity index (χ4v) is 0.205. The van der Waals surface area contributed by atoms with Crippen LogP contribution in [0.5, 0.6) is 0 Å². The van der Waals surface area contributed by atoms with E-state index in [0.717, 1.165) is 13.0 Å². The second-order valence-electron chi connectivity index (χ2n) is 1.47. The van der Waals surface area contributed by atoms with Crippen molar-refractivity contribution >= 4 is 17.7 Å². The minimum absolute atomic E-state index is 0. The number of rotatable bonds is 2. The summed E-state index contributed by atoms with van der Waals surface area (Å²) in [5, 5.41) is 0. The number of Topliss-reactive ketones (excluding diaryl/α,β-unsaturated/α-hetero) is 1. The summed E-state index contributed by atoms with van der Waals surface area (Å²) in [6, 6.07) is 0. The minimum Gasteiger partial charge on any atom is -0.384 e. The topological polar surface area (TPSA) is 60.4 Å². The second kappa shape index (κ2) is 5.92. The molecule has 0 rings (SSSR count). The van der Waals surface area contributed by atoms with Crippen LogP contribution in [0, 0.1) is 0 Å². The van der Waals surface area contributed by atoms with Crippen LogP contribution in [0.3, 0.4) is 0 Å². The Kier molecular flexibility index (Phi) is 6.90. The van der Waals surface area contributed by atoms with Crippen LogP contribution in [0.4, 0.5) is 0 Å². The van der Waals surface area contributed by atoms with Gasteiger partial charge in [-0.15, -0.1) is 0 Å². The van der Waals surface area contributed by atoms with Gasteiger partial charge in [-0.3, -0.25) is 4.79 Å². The average molecular weight is 208 g/mol. The van der Waals surface area contributed by atoms with Gasteiger partial charge < -0.3 is 4.74 Å². The number of ether oxygens (including phenoxy) is 1. The number of hydrogen-bond acceptors (Lipinski definition) is 4. The van der Waals surface area contributed by atoms with E-state index < -0.39 is 17.7 Å². The summed E-state index contributed by atoms with van der Waals surface area (Å²) in [5.74, 6) is -2.89. The van der Waals surface area contributed by atoms with E-state index in [2.05, 4.69) is 11.3 Å². The van der Waals surface area contributed by atoms with E-state index in [0.29, 0.717) is 0 Å². The first-order chi connectivity index (χ1) is 4.57. The van der Waals surface area contributed by atoms with Crippen LogP contribution in [0.1, 0.15) is 6.92 Å². The van der Waals surface area contributed by atoms with Crippen molar-refractivity contribution in [3.63, 3.8) is 0 Å². The number of esters is 2. The van der Waals surface area contributed by atoms with Crippen molar-refractivity contribution < 1.29 is 38.6 Å². The van der Waals surface area contributed by atoms with Gasteiger partial charge in [-0.25, -0.2) is 9.59 Å². The molecule has 0 fully saturated rings. The van der Waals surface area contributed by atoms with Gasteiger partial charge in [0.1, 0.15) is 0 Å². The van der Waals surface area contributed by atoms with E-state index >= 15 is 0 Å². The first kappa shape index (κ1) is 12.8. The first-order valence-electron chi connectivity index (χ1n) is 2.47. The molecular weight excluding hydrogens is 201 g/mol. The molecule has 0 heterocycles. The summed E-state index contributed by atoms with van der Waals surface area (Å²) >= 11 is 0. The SMILES string of the molecule is C=CC(=O)OC(=O)C(C)=O.[Zn]. The summed E-state index contributed by atoms with van der Waals surface area (Å²) in [6.07, 6.45) is 0.806. The van der Waals surface area contributed by atoms with Crippen LogP contribution in [-0.2, 0) is 38.6 Å². The van der Waals surface area contributed by atoms with Crippen LogP contribution in [0.2, 0.25) is 0 Å². The molecule has 0 aromatic rings. The van der Waals surface area contributed by atoms with Crippen molar-refractivity contribution in [2.45, 2.75) is 6.92 Å². The largest absolute Gasteiger partial charge is 0.384 e. The van der Waals surface area contributed by atoms with Crippen LogP contribution in [-0.4, -0.2) is 17.7 Å². The quantitative estimate of drug-likeness (QED) is 0.207. The predicted molar refractivity (Wildman–Crippen MR) is 32.0 cm³/mol. The van der Waals surface area contributed by atoms with E-state index in [9.17, 15) is 14.4 Å². The Morgan fingerprint density at radius 3 is 2.09 bits per heavy atom. The van der Waals surface area contributed by atoms with Gasteiger partial charge in [-0.1, -0.05) is 6.58 Å². The Hall–Kier alpha value is -0.827. The molecule has 0 saturated carbocycles. The van der Waals surface area contributed by atoms with Crippen molar-refractivity contribution in [2.75, 3.05) is 0 Å². The third kappa shape index (κ3) is 5.61. The van der Waals surface area contributed by atoms with Gasteiger partial charge in [0.25, 0.3) is 0 Å². The van der Waals surface area contributed by atoms with Crippen molar-refractivity contribution in [2.24, 2.45) is 0 Å². The molecule has 0 radical (unpaired) electrons. The summed E-state index contributed by atoms with van der Waals surface area (Å²) in [6.45, 7) is 4.05. The van der Waals surface area contributed by atoms with Crippen molar-refractivity contribution in [1.29, 1.82) is 0 Å². The summed E-state index contributed by atoms with van der Waals surface area (Å²) in [4.78, 5) is 30.6. The van der Waals surface area contributed by atoms with Crippen molar-refractivity contribution in [3.8, 4) is 0 Å². The van der Waals surface area contributed by atoms with E-state index in [1.807, 2.05) is 0 Å². The monoisotopic (exact) mass is 206 g/mol. The number of carbonyl (C=O) groups excluding carboxylic acids is 3. The standard InChI is InChI=1S/C6H6O4.Zn/c1-3-5(8)10-6(9)4(2)7;/h3H,1H2,2H3;. The Bertz CT molecular complexity index is 197. The molecule has 0 saturated heterocycles. The molecule has 56 valence electrons. The maximum atomic E-state index is 10.3. The molecule has 0 amide bonds. The van der Waals surface area contributed by atoms with E-state index in [1.54, 1.807) is 0 Å². The van der Waals surface area contributed by atoms with Crippen molar-refractivity contribution in [3.05, 3.63) is 12.7 Å².